The number of halogens is 1. The Morgan fingerprint density at radius 3 is 2.58 bits per heavy atom. The summed E-state index contributed by atoms with van der Waals surface area (Å²) in [6.45, 7) is 5.36. The molecule has 1 amide bonds. The standard InChI is InChI=1S/C22H25ClN6O2/c23-18-6-7-21(29-17-24-16-25-29)20(14-18)26-22(30)15-28-10-8-27(9-11-28)12-13-31-19-4-2-1-3-5-19/h1-7,14,16-17H,8-13,15H2,(H,26,30). The summed E-state index contributed by atoms with van der Waals surface area (Å²) in [6, 6.07) is 15.1. The average Bonchev–Trinajstić information content (AvgIpc) is 3.30. The van der Waals surface area contributed by atoms with Crippen LogP contribution in [0.2, 0.25) is 5.02 Å². The minimum Gasteiger partial charge on any atom is -0.492 e. The van der Waals surface area contributed by atoms with Crippen LogP contribution in [0, 0.1) is 0 Å². The van der Waals surface area contributed by atoms with Gasteiger partial charge in [0.15, 0.2) is 0 Å². The van der Waals surface area contributed by atoms with Crippen molar-refractivity contribution in [3.8, 4) is 11.4 Å². The molecule has 0 radical (unpaired) electrons. The maximum absolute atomic E-state index is 12.6. The topological polar surface area (TPSA) is 75.5 Å². The number of ether oxygens (including phenoxy) is 1. The van der Waals surface area contributed by atoms with E-state index < -0.39 is 0 Å². The van der Waals surface area contributed by atoms with E-state index in [-0.39, 0.29) is 5.91 Å². The molecule has 1 aliphatic heterocycles. The van der Waals surface area contributed by atoms with Crippen LogP contribution in [0.1, 0.15) is 0 Å². The van der Waals surface area contributed by atoms with Gasteiger partial charge >= 0.3 is 0 Å². The molecule has 0 atom stereocenters. The molecule has 9 heteroatoms. The molecule has 162 valence electrons. The molecule has 4 rings (SSSR count). The summed E-state index contributed by atoms with van der Waals surface area (Å²) in [6.07, 6.45) is 3.03. The van der Waals surface area contributed by atoms with Crippen LogP contribution in [0.3, 0.4) is 0 Å². The van der Waals surface area contributed by atoms with Gasteiger partial charge in [-0.25, -0.2) is 9.67 Å². The monoisotopic (exact) mass is 440 g/mol. The molecule has 8 nitrogen and oxygen atoms in total. The molecule has 1 aromatic heterocycles. The van der Waals surface area contributed by atoms with Gasteiger partial charge in [0.25, 0.3) is 0 Å². The first kappa shape index (κ1) is 21.3. The van der Waals surface area contributed by atoms with E-state index >= 15 is 0 Å². The number of amides is 1. The van der Waals surface area contributed by atoms with Crippen molar-refractivity contribution in [2.75, 3.05) is 51.2 Å². The number of anilines is 1. The number of hydrogen-bond acceptors (Lipinski definition) is 6. The van der Waals surface area contributed by atoms with Gasteiger partial charge in [-0.3, -0.25) is 14.6 Å². The number of hydrogen-bond donors (Lipinski definition) is 1. The molecule has 1 N–H and O–H groups in total. The van der Waals surface area contributed by atoms with E-state index in [2.05, 4.69) is 25.2 Å². The molecule has 1 saturated heterocycles. The number of carbonyl (C=O) groups is 1. The lowest BCUT2D eigenvalue weighted by molar-refractivity contribution is -0.117. The highest BCUT2D eigenvalue weighted by molar-refractivity contribution is 6.31. The molecule has 0 aliphatic carbocycles. The Bertz CT molecular complexity index is 975. The van der Waals surface area contributed by atoms with Gasteiger partial charge in [-0.05, 0) is 30.3 Å². The molecule has 31 heavy (non-hydrogen) atoms. The number of piperazine rings is 1. The summed E-state index contributed by atoms with van der Waals surface area (Å²) in [5.41, 5.74) is 1.33. The Morgan fingerprint density at radius 1 is 1.06 bits per heavy atom. The molecule has 2 heterocycles. The fourth-order valence-corrected chi connectivity index (χ4v) is 3.69. The van der Waals surface area contributed by atoms with Gasteiger partial charge in [0.2, 0.25) is 5.91 Å². The van der Waals surface area contributed by atoms with Gasteiger partial charge in [-0.1, -0.05) is 29.8 Å². The summed E-state index contributed by atoms with van der Waals surface area (Å²) < 4.78 is 7.38. The molecule has 1 aliphatic rings. The maximum Gasteiger partial charge on any atom is 0.238 e. The van der Waals surface area contributed by atoms with Gasteiger partial charge in [0.1, 0.15) is 25.0 Å². The second-order valence-electron chi connectivity index (χ2n) is 7.33. The lowest BCUT2D eigenvalue weighted by Crippen LogP contribution is -2.49. The maximum atomic E-state index is 12.6. The van der Waals surface area contributed by atoms with Crippen molar-refractivity contribution >= 4 is 23.2 Å². The number of rotatable bonds is 8. The Hall–Kier alpha value is -2.94. The highest BCUT2D eigenvalue weighted by atomic mass is 35.5. The van der Waals surface area contributed by atoms with Crippen LogP contribution in [0.4, 0.5) is 5.69 Å². The third-order valence-electron chi connectivity index (χ3n) is 5.15. The van der Waals surface area contributed by atoms with Crippen LogP contribution in [0.25, 0.3) is 5.69 Å². The van der Waals surface area contributed by atoms with Crippen molar-refractivity contribution < 1.29 is 9.53 Å². The van der Waals surface area contributed by atoms with Gasteiger partial charge in [-0.15, -0.1) is 0 Å². The fraction of sp³-hybridized carbons (Fsp3) is 0.318. The molecule has 0 spiro atoms. The summed E-state index contributed by atoms with van der Waals surface area (Å²) in [5.74, 6) is 0.813. The Kier molecular flexibility index (Phi) is 7.14. The number of para-hydroxylation sites is 1. The van der Waals surface area contributed by atoms with Gasteiger partial charge < -0.3 is 10.1 Å². The number of aromatic nitrogens is 3. The van der Waals surface area contributed by atoms with Crippen LogP contribution >= 0.6 is 11.6 Å². The Labute approximate surface area is 186 Å². The highest BCUT2D eigenvalue weighted by Crippen LogP contribution is 2.24. The normalized spacial score (nSPS) is 15.0. The largest absolute Gasteiger partial charge is 0.492 e. The van der Waals surface area contributed by atoms with E-state index in [0.29, 0.717) is 23.9 Å². The first-order valence-electron chi connectivity index (χ1n) is 10.2. The second kappa shape index (κ2) is 10.4. The van der Waals surface area contributed by atoms with Gasteiger partial charge in [0, 0.05) is 37.7 Å². The SMILES string of the molecule is O=C(CN1CCN(CCOc2ccccc2)CC1)Nc1cc(Cl)ccc1-n1cncn1. The molecule has 3 aromatic rings. The number of nitrogens with zero attached hydrogens (tertiary/aromatic N) is 5. The zero-order valence-corrected chi connectivity index (χ0v) is 17.9. The quantitative estimate of drug-likeness (QED) is 0.580. The van der Waals surface area contributed by atoms with E-state index in [4.69, 9.17) is 16.3 Å². The van der Waals surface area contributed by atoms with Crippen molar-refractivity contribution in [1.82, 2.24) is 24.6 Å². The third-order valence-corrected chi connectivity index (χ3v) is 5.38. The first-order valence-corrected chi connectivity index (χ1v) is 10.6. The molecule has 1 fully saturated rings. The third kappa shape index (κ3) is 6.04. The molecule has 0 bridgehead atoms. The number of nitrogens with one attached hydrogen (secondary N) is 1. The number of carbonyl (C=O) groups excluding carboxylic acids is 1. The van der Waals surface area contributed by atoms with E-state index in [0.717, 1.165) is 44.2 Å². The summed E-state index contributed by atoms with van der Waals surface area (Å²) in [7, 11) is 0. The first-order chi connectivity index (χ1) is 15.2. The van der Waals surface area contributed by atoms with Crippen molar-refractivity contribution in [3.63, 3.8) is 0 Å². The van der Waals surface area contributed by atoms with Crippen LogP contribution in [-0.4, -0.2) is 76.3 Å². The smallest absolute Gasteiger partial charge is 0.238 e. The van der Waals surface area contributed by atoms with Gasteiger partial charge in [0.05, 0.1) is 17.9 Å². The van der Waals surface area contributed by atoms with Gasteiger partial charge in [-0.2, -0.15) is 5.10 Å². The predicted molar refractivity (Wildman–Crippen MR) is 120 cm³/mol. The van der Waals surface area contributed by atoms with Crippen LogP contribution in [-0.2, 0) is 4.79 Å². The predicted octanol–water partition coefficient (Wildman–Crippen LogP) is 2.56. The Morgan fingerprint density at radius 2 is 1.84 bits per heavy atom. The molecular formula is C22H25ClN6O2. The lowest BCUT2D eigenvalue weighted by atomic mass is 10.2. The zero-order chi connectivity index (χ0) is 21.5. The minimum absolute atomic E-state index is 0.0792. The van der Waals surface area contributed by atoms with Crippen molar-refractivity contribution in [2.24, 2.45) is 0 Å². The van der Waals surface area contributed by atoms with Crippen LogP contribution in [0.5, 0.6) is 5.75 Å². The fourth-order valence-electron chi connectivity index (χ4n) is 3.51. The van der Waals surface area contributed by atoms with Crippen molar-refractivity contribution in [2.45, 2.75) is 0 Å². The summed E-state index contributed by atoms with van der Waals surface area (Å²) in [5, 5.41) is 7.65. The molecule has 0 saturated carbocycles. The number of benzene rings is 2. The highest BCUT2D eigenvalue weighted by Gasteiger charge is 2.19. The van der Waals surface area contributed by atoms with E-state index in [1.165, 1.54) is 6.33 Å². The average molecular weight is 441 g/mol. The summed E-state index contributed by atoms with van der Waals surface area (Å²) in [4.78, 5) is 21.1. The lowest BCUT2D eigenvalue weighted by Gasteiger charge is -2.34. The summed E-state index contributed by atoms with van der Waals surface area (Å²) >= 11 is 6.13. The molecule has 0 unspecified atom stereocenters. The zero-order valence-electron chi connectivity index (χ0n) is 17.2. The minimum atomic E-state index is -0.0792. The Balaban J connectivity index is 1.23. The van der Waals surface area contributed by atoms with E-state index in [1.54, 1.807) is 23.1 Å². The van der Waals surface area contributed by atoms with E-state index in [1.807, 2.05) is 36.4 Å². The van der Waals surface area contributed by atoms with Crippen molar-refractivity contribution in [1.29, 1.82) is 0 Å². The van der Waals surface area contributed by atoms with E-state index in [9.17, 15) is 4.79 Å². The molecule has 2 aromatic carbocycles. The second-order valence-corrected chi connectivity index (χ2v) is 7.77. The molecular weight excluding hydrogens is 416 g/mol. The van der Waals surface area contributed by atoms with Crippen LogP contribution < -0.4 is 10.1 Å². The van der Waals surface area contributed by atoms with Crippen LogP contribution in [0.15, 0.2) is 61.2 Å². The van der Waals surface area contributed by atoms with Crippen molar-refractivity contribution in [3.05, 3.63) is 66.2 Å².